The summed E-state index contributed by atoms with van der Waals surface area (Å²) < 4.78 is 4.94. The summed E-state index contributed by atoms with van der Waals surface area (Å²) in [6.45, 7) is 30.4. The Morgan fingerprint density at radius 1 is 0.463 bits per heavy atom. The van der Waals surface area contributed by atoms with Gasteiger partial charge in [0.05, 0.1) is 34.0 Å². The topological polar surface area (TPSA) is 54.8 Å². The van der Waals surface area contributed by atoms with Crippen molar-refractivity contribution in [3.63, 3.8) is 0 Å². The molecule has 1 heterocycles. The molecule has 0 atom stereocenters. The van der Waals surface area contributed by atoms with Gasteiger partial charge in [-0.15, -0.1) is 17.1 Å². The van der Waals surface area contributed by atoms with Crippen LogP contribution in [0.2, 0.25) is 0 Å². The molecule has 1 saturated heterocycles. The van der Waals surface area contributed by atoms with Gasteiger partial charge in [0.15, 0.2) is 0 Å². The van der Waals surface area contributed by atoms with Crippen LogP contribution in [-0.2, 0) is 39.5 Å². The maximum absolute atomic E-state index is 5.37. The molecule has 1 aliphatic heterocycles. The number of para-hydroxylation sites is 6. The van der Waals surface area contributed by atoms with Crippen molar-refractivity contribution < 1.29 is 90.8 Å². The van der Waals surface area contributed by atoms with Crippen molar-refractivity contribution in [2.75, 3.05) is 37.0 Å². The fraction of sp³-hybridized carbons (Fsp3) is 0.581. The SMILES string of the molecule is C1CCOC1.CC(C)[PH+](C[N-]c1ccccc1N(c1ccccc1[N-]C[PH+](C(C)C)C(C)C)c1ccccc1[N-]C[PH+](C(C)C)C(C)C)C(C)C.[Cr].[Cr].[K+]. The van der Waals surface area contributed by atoms with Crippen LogP contribution in [0.3, 0.4) is 0 Å². The van der Waals surface area contributed by atoms with Crippen molar-refractivity contribution in [2.24, 2.45) is 0 Å². The monoisotopic (exact) mass is 895 g/mol. The number of nitrogens with zero attached hydrogens (tertiary/aromatic N) is 4. The Balaban J connectivity index is 0.00000323. The minimum Gasteiger partial charge on any atom is -0.651 e. The van der Waals surface area contributed by atoms with E-state index in [0.29, 0.717) is 34.0 Å². The number of anilines is 3. The van der Waals surface area contributed by atoms with Crippen LogP contribution in [0.15, 0.2) is 72.8 Å². The summed E-state index contributed by atoms with van der Waals surface area (Å²) >= 11 is 0. The zero-order chi connectivity index (χ0) is 37.5. The third kappa shape index (κ3) is 17.6. The van der Waals surface area contributed by atoms with E-state index in [2.05, 4.69) is 161 Å². The Morgan fingerprint density at radius 2 is 0.704 bits per heavy atom. The maximum Gasteiger partial charge on any atom is 1.00 e. The third-order valence-corrected chi connectivity index (χ3v) is 20.4. The molecule has 0 aromatic heterocycles. The van der Waals surface area contributed by atoms with E-state index in [0.717, 1.165) is 66.2 Å². The average molecular weight is 896 g/mol. The Labute approximate surface area is 399 Å². The molecule has 0 N–H and O–H groups in total. The summed E-state index contributed by atoms with van der Waals surface area (Å²) in [4.78, 5) is 2.40. The van der Waals surface area contributed by atoms with Gasteiger partial charge in [-0.3, -0.25) is 0 Å². The quantitative estimate of drug-likeness (QED) is 0.0943. The first-order valence-corrected chi connectivity index (χ1v) is 25.2. The van der Waals surface area contributed by atoms with Crippen LogP contribution in [0.25, 0.3) is 16.0 Å². The normalized spacial score (nSPS) is 12.6. The summed E-state index contributed by atoms with van der Waals surface area (Å²) in [6.07, 6.45) is 5.28. The Hall–Kier alpha value is 0.811. The minimum atomic E-state index is -0.646. The minimum absolute atomic E-state index is 0. The molecule has 0 radical (unpaired) electrons. The largest absolute Gasteiger partial charge is 1.00 e. The van der Waals surface area contributed by atoms with Gasteiger partial charge in [0.2, 0.25) is 0 Å². The first-order valence-electron chi connectivity index (χ1n) is 19.6. The summed E-state index contributed by atoms with van der Waals surface area (Å²) in [5.41, 5.74) is 10.4. The molecule has 0 amide bonds. The molecule has 4 rings (SSSR count). The van der Waals surface area contributed by atoms with E-state index >= 15 is 0 Å². The second-order valence-corrected chi connectivity index (χ2v) is 27.0. The maximum atomic E-state index is 5.37. The van der Waals surface area contributed by atoms with Crippen LogP contribution in [0.1, 0.15) is 95.9 Å². The number of benzene rings is 3. The van der Waals surface area contributed by atoms with Crippen LogP contribution in [0.4, 0.5) is 34.1 Å². The van der Waals surface area contributed by atoms with Gasteiger partial charge < -0.3 is 25.6 Å². The van der Waals surface area contributed by atoms with E-state index in [4.69, 9.17) is 20.7 Å². The zero-order valence-corrected chi connectivity index (χ0v) is 44.5. The average Bonchev–Trinajstić information content (AvgIpc) is 3.67. The Kier molecular flexibility index (Phi) is 29.5. The molecule has 3 aromatic rings. The Morgan fingerprint density at radius 3 is 0.907 bits per heavy atom. The van der Waals surface area contributed by atoms with E-state index in [1.807, 2.05) is 0 Å². The number of ether oxygens (including phenoxy) is 1. The second kappa shape index (κ2) is 29.1. The first-order chi connectivity index (χ1) is 24.3. The molecule has 0 saturated carbocycles. The number of rotatable bonds is 18. The second-order valence-electron chi connectivity index (χ2n) is 15.7. The van der Waals surface area contributed by atoms with Crippen LogP contribution < -0.4 is 56.3 Å². The molecule has 0 spiro atoms. The van der Waals surface area contributed by atoms with Crippen LogP contribution >= 0.6 is 23.8 Å². The number of hydrogen-bond acceptors (Lipinski definition) is 2. The summed E-state index contributed by atoms with van der Waals surface area (Å²) in [5.74, 6) is 0. The molecule has 3 aromatic carbocycles. The van der Waals surface area contributed by atoms with E-state index in [9.17, 15) is 0 Å². The van der Waals surface area contributed by atoms with E-state index < -0.39 is 23.8 Å². The van der Waals surface area contributed by atoms with Gasteiger partial charge in [0.1, 0.15) is 0 Å². The number of hydrogen-bond donors (Lipinski definition) is 0. The summed E-state index contributed by atoms with van der Waals surface area (Å²) in [7, 11) is -1.94. The van der Waals surface area contributed by atoms with E-state index in [-0.39, 0.29) is 86.1 Å². The molecule has 1 aliphatic rings. The Bertz CT molecular complexity index is 1240. The van der Waals surface area contributed by atoms with Gasteiger partial charge in [-0.05, 0) is 157 Å². The van der Waals surface area contributed by atoms with E-state index in [1.165, 1.54) is 12.8 Å². The zero-order valence-electron chi connectivity index (χ0n) is 35.9. The van der Waals surface area contributed by atoms with E-state index in [1.54, 1.807) is 0 Å². The third-order valence-electron chi connectivity index (χ3n) is 9.94. The molecule has 0 unspecified atom stereocenters. The molecule has 0 bridgehead atoms. The van der Waals surface area contributed by atoms with Crippen molar-refractivity contribution in [2.45, 2.75) is 130 Å². The van der Waals surface area contributed by atoms with Crippen LogP contribution in [-0.4, -0.2) is 66.0 Å². The van der Waals surface area contributed by atoms with Crippen molar-refractivity contribution in [1.82, 2.24) is 0 Å². The predicted molar refractivity (Wildman–Crippen MR) is 241 cm³/mol. The van der Waals surface area contributed by atoms with Crippen molar-refractivity contribution in [1.29, 1.82) is 0 Å². The molecule has 0 aliphatic carbocycles. The molecule has 1 fully saturated rings. The molecule has 296 valence electrons. The summed E-state index contributed by atoms with van der Waals surface area (Å²) in [5, 5.41) is 16.1. The molecular formula is C43H71Cr2KN4OP3+. The standard InChI is InChI=1S/C39H60N4P3.C4H8O.2Cr.K/c1-28(2)44(29(3)4)25-40-34-19-13-16-22-37(34)43(38-23-17-14-20-35(38)41-26-45(30(5)6)31(7)8)39-24-18-15-21-36(39)42-27-46(32(9)10)33(11)12;1-2-4-5-3-1;;;/h13-24,28-33H,25-27H2,1-12H3;1-4H2;;;/q-3;;;;+1/p+3. The first kappa shape index (κ1) is 54.8. The van der Waals surface area contributed by atoms with Gasteiger partial charge in [-0.1, -0.05) is 54.6 Å². The van der Waals surface area contributed by atoms with Crippen molar-refractivity contribution in [3.8, 4) is 0 Å². The fourth-order valence-corrected chi connectivity index (χ4v) is 14.1. The predicted octanol–water partition coefficient (Wildman–Crippen LogP) is 11.9. The fourth-order valence-electron chi connectivity index (χ4n) is 6.89. The van der Waals surface area contributed by atoms with Crippen molar-refractivity contribution >= 4 is 57.9 Å². The van der Waals surface area contributed by atoms with Gasteiger partial charge in [-0.25, -0.2) is 0 Å². The van der Waals surface area contributed by atoms with Crippen LogP contribution in [0.5, 0.6) is 0 Å². The molecule has 5 nitrogen and oxygen atoms in total. The van der Waals surface area contributed by atoms with Gasteiger partial charge >= 0.3 is 51.4 Å². The summed E-state index contributed by atoms with van der Waals surface area (Å²) in [6, 6.07) is 26.1. The van der Waals surface area contributed by atoms with Gasteiger partial charge in [0, 0.05) is 65.0 Å². The molecule has 11 heteroatoms. The van der Waals surface area contributed by atoms with Crippen molar-refractivity contribution in [3.05, 3.63) is 88.7 Å². The van der Waals surface area contributed by atoms with Gasteiger partial charge in [0.25, 0.3) is 0 Å². The van der Waals surface area contributed by atoms with Gasteiger partial charge in [-0.2, -0.15) is 0 Å². The smallest absolute Gasteiger partial charge is 0.651 e. The molecular weight excluding hydrogens is 825 g/mol. The van der Waals surface area contributed by atoms with Crippen LogP contribution in [0, 0.1) is 0 Å². The molecule has 54 heavy (non-hydrogen) atoms.